The quantitative estimate of drug-likeness (QED) is 0.652. The van der Waals surface area contributed by atoms with Gasteiger partial charge in [-0.3, -0.25) is 14.5 Å². The molecule has 138 valence electrons. The second kappa shape index (κ2) is 7.70. The van der Waals surface area contributed by atoms with Gasteiger partial charge in [0.2, 0.25) is 5.91 Å². The summed E-state index contributed by atoms with van der Waals surface area (Å²) in [6, 6.07) is 15.8. The summed E-state index contributed by atoms with van der Waals surface area (Å²) in [4.78, 5) is 33.0. The summed E-state index contributed by atoms with van der Waals surface area (Å²) in [5.41, 5.74) is 2.85. The van der Waals surface area contributed by atoms with Crippen LogP contribution >= 0.6 is 23.1 Å². The number of carbonyl (C=O) groups excluding carboxylic acids is 2. The van der Waals surface area contributed by atoms with Crippen molar-refractivity contribution in [2.75, 3.05) is 23.1 Å². The van der Waals surface area contributed by atoms with Crippen LogP contribution in [0.2, 0.25) is 0 Å². The Hall–Kier alpha value is -2.38. The van der Waals surface area contributed by atoms with Crippen molar-refractivity contribution in [2.45, 2.75) is 13.3 Å². The van der Waals surface area contributed by atoms with Gasteiger partial charge in [-0.1, -0.05) is 42.5 Å². The van der Waals surface area contributed by atoms with E-state index in [1.165, 1.54) is 28.7 Å². The van der Waals surface area contributed by atoms with Crippen LogP contribution < -0.4 is 4.90 Å². The Morgan fingerprint density at radius 2 is 1.96 bits per heavy atom. The topological polar surface area (TPSA) is 53.5 Å². The largest absolute Gasteiger partial charge is 0.323 e. The maximum atomic E-state index is 13.2. The molecule has 0 spiro atoms. The summed E-state index contributed by atoms with van der Waals surface area (Å²) in [7, 11) is 0. The molecule has 0 radical (unpaired) electrons. The SMILES string of the molecule is CCc1ccc(N(C(=O)CN2CSCC2=O)c2nc3ccccc3s2)cc1. The molecule has 1 saturated heterocycles. The van der Waals surface area contributed by atoms with Crippen molar-refractivity contribution in [1.82, 2.24) is 9.88 Å². The maximum Gasteiger partial charge on any atom is 0.253 e. The van der Waals surface area contributed by atoms with Crippen molar-refractivity contribution < 1.29 is 9.59 Å². The fourth-order valence-electron chi connectivity index (χ4n) is 2.97. The second-order valence-electron chi connectivity index (χ2n) is 6.28. The second-order valence-corrected chi connectivity index (χ2v) is 8.25. The van der Waals surface area contributed by atoms with Crippen LogP contribution in [-0.4, -0.2) is 39.9 Å². The number of benzene rings is 2. The molecule has 2 aromatic carbocycles. The summed E-state index contributed by atoms with van der Waals surface area (Å²) < 4.78 is 1.03. The van der Waals surface area contributed by atoms with E-state index in [-0.39, 0.29) is 18.4 Å². The maximum absolute atomic E-state index is 13.2. The molecule has 0 atom stereocenters. The molecule has 4 rings (SSSR count). The Balaban J connectivity index is 1.71. The first-order chi connectivity index (χ1) is 13.2. The van der Waals surface area contributed by atoms with Crippen molar-refractivity contribution in [3.63, 3.8) is 0 Å². The minimum atomic E-state index is -0.144. The van der Waals surface area contributed by atoms with Crippen LogP contribution in [0.15, 0.2) is 48.5 Å². The lowest BCUT2D eigenvalue weighted by Crippen LogP contribution is -2.39. The smallest absolute Gasteiger partial charge is 0.253 e. The molecule has 0 bridgehead atoms. The van der Waals surface area contributed by atoms with E-state index in [9.17, 15) is 9.59 Å². The molecule has 7 heteroatoms. The van der Waals surface area contributed by atoms with Crippen molar-refractivity contribution in [3.05, 3.63) is 54.1 Å². The van der Waals surface area contributed by atoms with Gasteiger partial charge in [-0.25, -0.2) is 4.98 Å². The lowest BCUT2D eigenvalue weighted by Gasteiger charge is -2.23. The van der Waals surface area contributed by atoms with Crippen molar-refractivity contribution >= 4 is 55.9 Å². The predicted octanol–water partition coefficient (Wildman–Crippen LogP) is 4.06. The fourth-order valence-corrected chi connectivity index (χ4v) is 4.88. The van der Waals surface area contributed by atoms with E-state index < -0.39 is 0 Å². The Morgan fingerprint density at radius 3 is 2.63 bits per heavy atom. The number of thiazole rings is 1. The van der Waals surface area contributed by atoms with E-state index in [1.807, 2.05) is 48.5 Å². The summed E-state index contributed by atoms with van der Waals surface area (Å²) in [6.07, 6.45) is 0.939. The zero-order valence-electron chi connectivity index (χ0n) is 14.9. The highest BCUT2D eigenvalue weighted by Gasteiger charge is 2.28. The standard InChI is InChI=1S/C20H19N3O2S2/c1-2-14-7-9-15(10-8-14)23(18(24)11-22-13-26-12-19(22)25)20-21-16-5-3-4-6-17(16)27-20/h3-10H,2,11-13H2,1H3. The number of thioether (sulfide) groups is 1. The predicted molar refractivity (Wildman–Crippen MR) is 112 cm³/mol. The van der Waals surface area contributed by atoms with Gasteiger partial charge in [0.25, 0.3) is 5.91 Å². The molecule has 1 fully saturated rings. The lowest BCUT2D eigenvalue weighted by molar-refractivity contribution is -0.131. The highest BCUT2D eigenvalue weighted by Crippen LogP contribution is 2.34. The average Bonchev–Trinajstić information content (AvgIpc) is 3.28. The molecule has 1 aliphatic heterocycles. The summed E-state index contributed by atoms with van der Waals surface area (Å²) in [6.45, 7) is 2.17. The van der Waals surface area contributed by atoms with E-state index in [0.29, 0.717) is 16.8 Å². The van der Waals surface area contributed by atoms with E-state index in [2.05, 4.69) is 11.9 Å². The molecular weight excluding hydrogens is 378 g/mol. The normalized spacial score (nSPS) is 14.1. The minimum Gasteiger partial charge on any atom is -0.323 e. The molecule has 1 aromatic heterocycles. The first kappa shape index (κ1) is 18.0. The van der Waals surface area contributed by atoms with E-state index in [1.54, 1.807) is 9.80 Å². The van der Waals surface area contributed by atoms with E-state index in [0.717, 1.165) is 22.3 Å². The number of aryl methyl sites for hydroxylation is 1. The molecule has 0 aliphatic carbocycles. The number of hydrogen-bond acceptors (Lipinski definition) is 5. The van der Waals surface area contributed by atoms with Gasteiger partial charge < -0.3 is 4.90 Å². The van der Waals surface area contributed by atoms with Gasteiger partial charge in [0.1, 0.15) is 6.54 Å². The highest BCUT2D eigenvalue weighted by atomic mass is 32.2. The van der Waals surface area contributed by atoms with Gasteiger partial charge in [-0.05, 0) is 36.2 Å². The van der Waals surface area contributed by atoms with Gasteiger partial charge in [-0.15, -0.1) is 11.8 Å². The highest BCUT2D eigenvalue weighted by molar-refractivity contribution is 8.00. The van der Waals surface area contributed by atoms with Gasteiger partial charge in [-0.2, -0.15) is 0 Å². The molecule has 2 amide bonds. The van der Waals surface area contributed by atoms with E-state index >= 15 is 0 Å². The number of hydrogen-bond donors (Lipinski definition) is 0. The van der Waals surface area contributed by atoms with Gasteiger partial charge >= 0.3 is 0 Å². The summed E-state index contributed by atoms with van der Waals surface area (Å²) in [5.74, 6) is 0.875. The van der Waals surface area contributed by atoms with Crippen LogP contribution in [0.25, 0.3) is 10.2 Å². The van der Waals surface area contributed by atoms with Crippen LogP contribution in [0.4, 0.5) is 10.8 Å². The molecule has 2 heterocycles. The molecule has 0 N–H and O–H groups in total. The number of para-hydroxylation sites is 1. The summed E-state index contributed by atoms with van der Waals surface area (Å²) >= 11 is 3.02. The number of fused-ring (bicyclic) bond motifs is 1. The Bertz CT molecular complexity index is 951. The number of amides is 2. The van der Waals surface area contributed by atoms with Crippen LogP contribution in [-0.2, 0) is 16.0 Å². The molecule has 0 unspecified atom stereocenters. The number of anilines is 2. The van der Waals surface area contributed by atoms with Crippen LogP contribution in [0, 0.1) is 0 Å². The van der Waals surface area contributed by atoms with Crippen LogP contribution in [0.3, 0.4) is 0 Å². The average molecular weight is 398 g/mol. The molecule has 3 aromatic rings. The van der Waals surface area contributed by atoms with Crippen LogP contribution in [0.1, 0.15) is 12.5 Å². The Morgan fingerprint density at radius 1 is 1.19 bits per heavy atom. The number of rotatable bonds is 5. The third-order valence-corrected chi connectivity index (χ3v) is 6.44. The zero-order valence-corrected chi connectivity index (χ0v) is 16.6. The first-order valence-electron chi connectivity index (χ1n) is 8.78. The third-order valence-electron chi connectivity index (χ3n) is 4.48. The lowest BCUT2D eigenvalue weighted by atomic mass is 10.1. The van der Waals surface area contributed by atoms with Gasteiger partial charge in [0.05, 0.1) is 27.5 Å². The molecule has 1 aliphatic rings. The monoisotopic (exact) mass is 397 g/mol. The van der Waals surface area contributed by atoms with Gasteiger partial charge in [0, 0.05) is 0 Å². The van der Waals surface area contributed by atoms with E-state index in [4.69, 9.17) is 0 Å². The minimum absolute atomic E-state index is 0.0129. The zero-order chi connectivity index (χ0) is 18.8. The van der Waals surface area contributed by atoms with Crippen molar-refractivity contribution in [3.8, 4) is 0 Å². The van der Waals surface area contributed by atoms with Crippen LogP contribution in [0.5, 0.6) is 0 Å². The molecular formula is C20H19N3O2S2. The van der Waals surface area contributed by atoms with Crippen molar-refractivity contribution in [2.24, 2.45) is 0 Å². The fraction of sp³-hybridized carbons (Fsp3) is 0.250. The third kappa shape index (κ3) is 3.70. The van der Waals surface area contributed by atoms with Crippen molar-refractivity contribution in [1.29, 1.82) is 0 Å². The number of aromatic nitrogens is 1. The molecule has 27 heavy (non-hydrogen) atoms. The molecule has 5 nitrogen and oxygen atoms in total. The van der Waals surface area contributed by atoms with Gasteiger partial charge in [0.15, 0.2) is 5.13 Å². The Labute approximate surface area is 166 Å². The Kier molecular flexibility index (Phi) is 5.13. The number of nitrogens with zero attached hydrogens (tertiary/aromatic N) is 3. The molecule has 0 saturated carbocycles. The summed E-state index contributed by atoms with van der Waals surface area (Å²) in [5, 5.41) is 0.629. The number of carbonyl (C=O) groups is 2. The first-order valence-corrected chi connectivity index (χ1v) is 10.8.